The highest BCUT2D eigenvalue weighted by Gasteiger charge is 2.27. The monoisotopic (exact) mass is 211 g/mol. The van der Waals surface area contributed by atoms with Gasteiger partial charge in [0.05, 0.1) is 6.61 Å². The fourth-order valence-electron chi connectivity index (χ4n) is 1.34. The van der Waals surface area contributed by atoms with E-state index in [1.807, 2.05) is 0 Å². The molecule has 0 radical (unpaired) electrons. The van der Waals surface area contributed by atoms with Crippen LogP contribution in [-0.4, -0.2) is 32.5 Å². The second-order valence-corrected chi connectivity index (χ2v) is 3.67. The van der Waals surface area contributed by atoms with Crippen molar-refractivity contribution < 1.29 is 17.9 Å². The van der Waals surface area contributed by atoms with E-state index in [-0.39, 0.29) is 6.61 Å². The van der Waals surface area contributed by atoms with Crippen molar-refractivity contribution in [1.82, 2.24) is 5.32 Å². The Hall–Kier alpha value is -0.290. The van der Waals surface area contributed by atoms with E-state index in [4.69, 9.17) is 0 Å². The first-order valence-electron chi connectivity index (χ1n) is 4.93. The van der Waals surface area contributed by atoms with Crippen molar-refractivity contribution in [3.05, 3.63) is 0 Å². The maximum atomic E-state index is 11.6. The molecule has 2 nitrogen and oxygen atoms in total. The molecular weight excluding hydrogens is 195 g/mol. The third-order valence-corrected chi connectivity index (χ3v) is 2.35. The molecule has 0 amide bonds. The van der Waals surface area contributed by atoms with Crippen molar-refractivity contribution in [2.24, 2.45) is 5.92 Å². The van der Waals surface area contributed by atoms with E-state index in [0.717, 1.165) is 12.5 Å². The molecule has 84 valence electrons. The van der Waals surface area contributed by atoms with Crippen LogP contribution < -0.4 is 5.32 Å². The minimum absolute atomic E-state index is 0.131. The topological polar surface area (TPSA) is 21.3 Å². The molecule has 1 rings (SSSR count). The molecule has 1 N–H and O–H groups in total. The quantitative estimate of drug-likeness (QED) is 0.678. The Balaban J connectivity index is 1.80. The van der Waals surface area contributed by atoms with Crippen LogP contribution in [0, 0.1) is 5.92 Å². The maximum Gasteiger partial charge on any atom is 0.411 e. The van der Waals surface area contributed by atoms with Crippen LogP contribution in [0.2, 0.25) is 0 Å². The first kappa shape index (κ1) is 11.8. The Morgan fingerprint density at radius 3 is 2.50 bits per heavy atom. The number of halogens is 3. The highest BCUT2D eigenvalue weighted by Crippen LogP contribution is 2.24. The lowest BCUT2D eigenvalue weighted by atomic mass is 9.85. The number of ether oxygens (including phenoxy) is 1. The normalized spacial score (nSPS) is 18.2. The van der Waals surface area contributed by atoms with Crippen LogP contribution in [0.3, 0.4) is 0 Å². The van der Waals surface area contributed by atoms with Crippen LogP contribution in [-0.2, 0) is 4.74 Å². The highest BCUT2D eigenvalue weighted by molar-refractivity contribution is 4.71. The van der Waals surface area contributed by atoms with Gasteiger partial charge in [0.15, 0.2) is 0 Å². The average Bonchev–Trinajstić information content (AvgIpc) is 1.97. The van der Waals surface area contributed by atoms with Gasteiger partial charge in [0.1, 0.15) is 6.61 Å². The summed E-state index contributed by atoms with van der Waals surface area (Å²) in [5.74, 6) is 0.734. The Labute approximate surface area is 81.8 Å². The van der Waals surface area contributed by atoms with Crippen LogP contribution in [0.15, 0.2) is 0 Å². The fourth-order valence-corrected chi connectivity index (χ4v) is 1.34. The molecule has 0 saturated heterocycles. The molecular formula is C9H16F3NO. The molecule has 0 heterocycles. The summed E-state index contributed by atoms with van der Waals surface area (Å²) in [5.41, 5.74) is 0. The lowest BCUT2D eigenvalue weighted by Gasteiger charge is -2.25. The molecule has 5 heteroatoms. The second kappa shape index (κ2) is 5.56. The highest BCUT2D eigenvalue weighted by atomic mass is 19.4. The zero-order chi connectivity index (χ0) is 10.4. The molecule has 0 unspecified atom stereocenters. The van der Waals surface area contributed by atoms with Crippen LogP contribution >= 0.6 is 0 Å². The van der Waals surface area contributed by atoms with Gasteiger partial charge in [0.25, 0.3) is 0 Å². The van der Waals surface area contributed by atoms with Gasteiger partial charge >= 0.3 is 6.18 Å². The molecule has 0 atom stereocenters. The molecule has 0 bridgehead atoms. The standard InChI is InChI=1S/C9H16F3NO/c10-9(11,12)7-14-5-4-13-6-8-2-1-3-8/h8,13H,1-7H2. The summed E-state index contributed by atoms with van der Waals surface area (Å²) in [4.78, 5) is 0. The molecule has 0 spiro atoms. The van der Waals surface area contributed by atoms with Gasteiger partial charge < -0.3 is 10.1 Å². The second-order valence-electron chi connectivity index (χ2n) is 3.67. The number of rotatable bonds is 6. The Kier molecular flexibility index (Phi) is 4.68. The number of hydrogen-bond donors (Lipinski definition) is 1. The van der Waals surface area contributed by atoms with E-state index in [2.05, 4.69) is 10.1 Å². The molecule has 1 saturated carbocycles. The van der Waals surface area contributed by atoms with Crippen LogP contribution in [0.1, 0.15) is 19.3 Å². The Morgan fingerprint density at radius 1 is 1.29 bits per heavy atom. The SMILES string of the molecule is FC(F)(F)COCCNCC1CCC1. The lowest BCUT2D eigenvalue weighted by molar-refractivity contribution is -0.173. The summed E-state index contributed by atoms with van der Waals surface area (Å²) in [5, 5.41) is 3.08. The van der Waals surface area contributed by atoms with Gasteiger partial charge in [-0.2, -0.15) is 13.2 Å². The molecule has 1 aliphatic carbocycles. The molecule has 14 heavy (non-hydrogen) atoms. The van der Waals surface area contributed by atoms with Crippen molar-refractivity contribution in [2.75, 3.05) is 26.3 Å². The summed E-state index contributed by atoms with van der Waals surface area (Å²) >= 11 is 0. The minimum Gasteiger partial charge on any atom is -0.371 e. The van der Waals surface area contributed by atoms with Crippen LogP contribution in [0.25, 0.3) is 0 Å². The van der Waals surface area contributed by atoms with E-state index < -0.39 is 12.8 Å². The van der Waals surface area contributed by atoms with Gasteiger partial charge in [-0.1, -0.05) is 6.42 Å². The van der Waals surface area contributed by atoms with E-state index in [1.54, 1.807) is 0 Å². The summed E-state index contributed by atoms with van der Waals surface area (Å²) in [6.07, 6.45) is -0.419. The van der Waals surface area contributed by atoms with E-state index in [0.29, 0.717) is 6.54 Å². The largest absolute Gasteiger partial charge is 0.411 e. The van der Waals surface area contributed by atoms with Gasteiger partial charge in [-0.25, -0.2) is 0 Å². The van der Waals surface area contributed by atoms with Crippen molar-refractivity contribution in [1.29, 1.82) is 0 Å². The Bertz CT molecular complexity index is 157. The summed E-state index contributed by atoms with van der Waals surface area (Å²) in [6.45, 7) is 0.409. The summed E-state index contributed by atoms with van der Waals surface area (Å²) in [6, 6.07) is 0. The Morgan fingerprint density at radius 2 is 2.00 bits per heavy atom. The first-order valence-corrected chi connectivity index (χ1v) is 4.93. The number of nitrogens with one attached hydrogen (secondary N) is 1. The maximum absolute atomic E-state index is 11.6. The smallest absolute Gasteiger partial charge is 0.371 e. The van der Waals surface area contributed by atoms with Crippen LogP contribution in [0.4, 0.5) is 13.2 Å². The average molecular weight is 211 g/mol. The van der Waals surface area contributed by atoms with Crippen LogP contribution in [0.5, 0.6) is 0 Å². The molecule has 1 fully saturated rings. The van der Waals surface area contributed by atoms with Gasteiger partial charge in [-0.15, -0.1) is 0 Å². The van der Waals surface area contributed by atoms with Gasteiger partial charge in [-0.3, -0.25) is 0 Å². The fraction of sp³-hybridized carbons (Fsp3) is 1.00. The molecule has 0 aromatic carbocycles. The predicted octanol–water partition coefficient (Wildman–Crippen LogP) is 1.95. The lowest BCUT2D eigenvalue weighted by Crippen LogP contribution is -2.30. The summed E-state index contributed by atoms with van der Waals surface area (Å²) in [7, 11) is 0. The van der Waals surface area contributed by atoms with Crippen molar-refractivity contribution >= 4 is 0 Å². The van der Waals surface area contributed by atoms with E-state index >= 15 is 0 Å². The third-order valence-electron chi connectivity index (χ3n) is 2.35. The number of alkyl halides is 3. The number of hydrogen-bond acceptors (Lipinski definition) is 2. The van der Waals surface area contributed by atoms with Gasteiger partial charge in [0.2, 0.25) is 0 Å². The molecule has 0 aromatic rings. The third kappa shape index (κ3) is 5.44. The van der Waals surface area contributed by atoms with Gasteiger partial charge in [-0.05, 0) is 25.3 Å². The van der Waals surface area contributed by atoms with E-state index in [9.17, 15) is 13.2 Å². The zero-order valence-electron chi connectivity index (χ0n) is 8.07. The molecule has 0 aliphatic heterocycles. The first-order chi connectivity index (χ1) is 6.58. The zero-order valence-corrected chi connectivity index (χ0v) is 8.07. The van der Waals surface area contributed by atoms with E-state index in [1.165, 1.54) is 19.3 Å². The van der Waals surface area contributed by atoms with Crippen molar-refractivity contribution in [3.8, 4) is 0 Å². The molecule has 0 aromatic heterocycles. The predicted molar refractivity (Wildman–Crippen MR) is 47.1 cm³/mol. The van der Waals surface area contributed by atoms with Gasteiger partial charge in [0, 0.05) is 6.54 Å². The van der Waals surface area contributed by atoms with Crippen molar-refractivity contribution in [3.63, 3.8) is 0 Å². The summed E-state index contributed by atoms with van der Waals surface area (Å²) < 4.78 is 39.3. The molecule has 1 aliphatic rings. The van der Waals surface area contributed by atoms with Crippen molar-refractivity contribution in [2.45, 2.75) is 25.4 Å². The minimum atomic E-state index is -4.20.